The van der Waals surface area contributed by atoms with Crippen LogP contribution in [0.2, 0.25) is 0 Å². The summed E-state index contributed by atoms with van der Waals surface area (Å²) in [6, 6.07) is 10.2. The number of allylic oxidation sites excluding steroid dienone is 1. The van der Waals surface area contributed by atoms with Crippen molar-refractivity contribution < 1.29 is 47.7 Å². The molecule has 28 heavy (non-hydrogen) atoms. The van der Waals surface area contributed by atoms with Gasteiger partial charge in [0.25, 0.3) is 0 Å². The third-order valence-corrected chi connectivity index (χ3v) is 6.19. The van der Waals surface area contributed by atoms with Gasteiger partial charge in [-0.2, -0.15) is 0 Å². The summed E-state index contributed by atoms with van der Waals surface area (Å²) in [7, 11) is -6.00. The molecule has 0 bridgehead atoms. The number of benzene rings is 1. The summed E-state index contributed by atoms with van der Waals surface area (Å²) < 4.78 is 55.8. The number of Topliss-reactive ketones (excluding diaryl/α,β-unsaturated/α-hetero) is 1. The second-order valence-corrected chi connectivity index (χ2v) is 9.19. The molecule has 0 radical (unpaired) electrons. The van der Waals surface area contributed by atoms with Crippen molar-refractivity contribution in [2.75, 3.05) is 0 Å². The zero-order chi connectivity index (χ0) is 21.4. The third kappa shape index (κ3) is 19.8. The normalized spacial score (nSPS) is 11.9. The molecule has 0 N–H and O–H groups in total. The molecule has 0 amide bonds. The highest BCUT2D eigenvalue weighted by molar-refractivity contribution is 6.50. The number of carbonyl (C=O) groups is 1. The van der Waals surface area contributed by atoms with Gasteiger partial charge in [-0.1, -0.05) is 57.7 Å². The Morgan fingerprint density at radius 3 is 1.89 bits per heavy atom. The molecule has 0 aliphatic carbocycles. The van der Waals surface area contributed by atoms with Gasteiger partial charge in [-0.05, 0) is 25.0 Å². The van der Waals surface area contributed by atoms with Crippen LogP contribution in [0.3, 0.4) is 0 Å². The average Bonchev–Trinajstić information content (AvgIpc) is 2.61. The maximum Gasteiger partial charge on any atom is 0.673 e. The van der Waals surface area contributed by atoms with Crippen molar-refractivity contribution in [3.8, 4) is 0 Å². The Bertz CT molecular complexity index is 555. The first-order valence-corrected chi connectivity index (χ1v) is 11.8. The van der Waals surface area contributed by atoms with E-state index in [1.54, 1.807) is 0 Å². The van der Waals surface area contributed by atoms with E-state index in [1.165, 1.54) is 3.57 Å². The zero-order valence-corrected chi connectivity index (χ0v) is 18.6. The molecule has 0 atom stereocenters. The number of halogens is 6. The van der Waals surface area contributed by atoms with Gasteiger partial charge in [0.1, 0.15) is 11.6 Å². The van der Waals surface area contributed by atoms with Crippen LogP contribution in [0.1, 0.15) is 65.2 Å². The molecule has 160 valence electrons. The lowest BCUT2D eigenvalue weighted by Crippen LogP contribution is -3.59. The van der Waals surface area contributed by atoms with Crippen LogP contribution in [0, 0.1) is 9.49 Å². The fourth-order valence-corrected chi connectivity index (χ4v) is 4.09. The summed E-state index contributed by atoms with van der Waals surface area (Å²) in [6.45, 7) is 3.93. The smallest absolute Gasteiger partial charge is 0.418 e. The zero-order valence-electron chi connectivity index (χ0n) is 16.5. The van der Waals surface area contributed by atoms with Crippen molar-refractivity contribution in [1.82, 2.24) is 0 Å². The second kappa shape index (κ2) is 15.9. The molecule has 0 saturated heterocycles. The molecule has 0 heterocycles. The first-order valence-electron chi connectivity index (χ1n) is 9.52. The largest absolute Gasteiger partial charge is 0.673 e. The first-order chi connectivity index (χ1) is 13.1. The fourth-order valence-electron chi connectivity index (χ4n) is 2.25. The highest BCUT2D eigenvalue weighted by Gasteiger charge is 2.20. The van der Waals surface area contributed by atoms with Gasteiger partial charge in [0, 0.05) is 18.8 Å². The molecular weight excluding hydrogens is 489 g/mol. The average molecular weight is 518 g/mol. The predicted octanol–water partition coefficient (Wildman–Crippen LogP) is 4.40. The fraction of sp³-hybridized carbons (Fsp3) is 0.550. The van der Waals surface area contributed by atoms with E-state index >= 15 is 0 Å². The minimum atomic E-state index is -6.00. The topological polar surface area (TPSA) is 17.1 Å². The van der Waals surface area contributed by atoms with Crippen LogP contribution in [-0.2, 0) is 4.79 Å². The van der Waals surface area contributed by atoms with Crippen LogP contribution < -0.4 is 21.2 Å². The minimum Gasteiger partial charge on any atom is -0.418 e. The van der Waals surface area contributed by atoms with Crippen molar-refractivity contribution in [1.29, 1.82) is 0 Å². The highest BCUT2D eigenvalue weighted by Crippen LogP contribution is 2.13. The van der Waals surface area contributed by atoms with Crippen LogP contribution in [0.15, 0.2) is 40.2 Å². The molecule has 0 aliphatic rings. The Labute approximate surface area is 175 Å². The van der Waals surface area contributed by atoms with Crippen molar-refractivity contribution in [2.45, 2.75) is 65.2 Å². The van der Waals surface area contributed by atoms with E-state index in [-0.39, 0.29) is 32.9 Å². The number of hydrogen-bond acceptors (Lipinski definition) is 1. The number of unbranched alkanes of at least 4 members (excludes halogenated alkanes) is 5. The van der Waals surface area contributed by atoms with Gasteiger partial charge in [0.05, 0.1) is 0 Å². The molecule has 8 heteroatoms. The summed E-state index contributed by atoms with van der Waals surface area (Å²) >= 11 is -0.329. The summed E-state index contributed by atoms with van der Waals surface area (Å²) in [5, 5.41) is 0. The quantitative estimate of drug-likeness (QED) is 0.174. The van der Waals surface area contributed by atoms with Gasteiger partial charge in [0.2, 0.25) is 0 Å². The van der Waals surface area contributed by atoms with E-state index in [9.17, 15) is 26.4 Å². The Hall–Kier alpha value is -0.925. The van der Waals surface area contributed by atoms with Crippen LogP contribution in [-0.4, -0.2) is 13.0 Å². The molecule has 1 nitrogen and oxygen atoms in total. The second-order valence-electron chi connectivity index (χ2n) is 6.70. The van der Waals surface area contributed by atoms with Crippen LogP contribution >= 0.6 is 0 Å². The molecular formula is C20H29BF5IO. The number of ketones is 1. The van der Waals surface area contributed by atoms with Crippen LogP contribution in [0.5, 0.6) is 0 Å². The van der Waals surface area contributed by atoms with Gasteiger partial charge in [-0.15, -0.1) is 0 Å². The standard InChI is InChI=1S/C20H29FIO.BF4/c1-17(2)20(23)15-11-6-4-3-5-8-12-18(21)16-22-19-13-9-7-10-14-19;2-1(3,4)5/h7,9-10,13-14,16-17H,3-6,8,11-12,15H2,1-2H3;/q+1;-1/b18-16-;. The molecule has 1 rings (SSSR count). The Morgan fingerprint density at radius 2 is 1.39 bits per heavy atom. The van der Waals surface area contributed by atoms with E-state index in [2.05, 4.69) is 12.1 Å². The van der Waals surface area contributed by atoms with Crippen molar-refractivity contribution in [3.05, 3.63) is 43.8 Å². The van der Waals surface area contributed by atoms with Crippen LogP contribution in [0.25, 0.3) is 0 Å². The lowest BCUT2D eigenvalue weighted by Gasteiger charge is -2.03. The monoisotopic (exact) mass is 518 g/mol. The van der Waals surface area contributed by atoms with E-state index in [1.807, 2.05) is 36.1 Å². The Morgan fingerprint density at radius 1 is 0.929 bits per heavy atom. The molecule has 0 unspecified atom stereocenters. The number of hydrogen-bond donors (Lipinski definition) is 0. The number of rotatable bonds is 12. The van der Waals surface area contributed by atoms with E-state index in [0.717, 1.165) is 44.9 Å². The summed E-state index contributed by atoms with van der Waals surface area (Å²) in [6.07, 6.45) is 7.76. The molecule has 0 spiro atoms. The summed E-state index contributed by atoms with van der Waals surface area (Å²) in [5.74, 6) is 0.603. The SMILES string of the molecule is CC(C)C(=O)CCCCCCCC/C(F)=C/[I+]c1ccccc1.F[B-](F)(F)F. The maximum absolute atomic E-state index is 13.7. The predicted molar refractivity (Wildman–Crippen MR) is 101 cm³/mol. The number of carbonyl (C=O) groups excluding carboxylic acids is 1. The van der Waals surface area contributed by atoms with E-state index in [0.29, 0.717) is 12.2 Å². The van der Waals surface area contributed by atoms with Gasteiger partial charge in [0.15, 0.2) is 7.65 Å². The minimum absolute atomic E-state index is 0.0594. The highest BCUT2D eigenvalue weighted by atomic mass is 127. The molecule has 1 aromatic rings. The van der Waals surface area contributed by atoms with E-state index < -0.39 is 7.25 Å². The molecule has 0 aromatic heterocycles. The molecule has 0 aliphatic heterocycles. The van der Waals surface area contributed by atoms with Gasteiger partial charge in [-0.3, -0.25) is 4.79 Å². The van der Waals surface area contributed by atoms with Crippen molar-refractivity contribution in [2.24, 2.45) is 5.92 Å². The van der Waals surface area contributed by atoms with Gasteiger partial charge >= 0.3 is 28.5 Å². The lowest BCUT2D eigenvalue weighted by atomic mass is 10.0. The maximum atomic E-state index is 13.7. The summed E-state index contributed by atoms with van der Waals surface area (Å²) in [5.41, 5.74) is 0. The first kappa shape index (κ1) is 27.1. The summed E-state index contributed by atoms with van der Waals surface area (Å²) in [4.78, 5) is 11.5. The lowest BCUT2D eigenvalue weighted by molar-refractivity contribution is -0.558. The third-order valence-electron chi connectivity index (χ3n) is 3.76. The van der Waals surface area contributed by atoms with Crippen molar-refractivity contribution in [3.63, 3.8) is 0 Å². The Kier molecular flexibility index (Phi) is 15.4. The van der Waals surface area contributed by atoms with Gasteiger partial charge in [-0.25, -0.2) is 4.39 Å². The molecule has 0 fully saturated rings. The van der Waals surface area contributed by atoms with Gasteiger partial charge < -0.3 is 17.3 Å². The van der Waals surface area contributed by atoms with Crippen molar-refractivity contribution >= 4 is 13.0 Å². The van der Waals surface area contributed by atoms with Crippen LogP contribution in [0.4, 0.5) is 21.7 Å². The molecule has 0 saturated carbocycles. The molecule has 1 aromatic carbocycles. The van der Waals surface area contributed by atoms with E-state index in [4.69, 9.17) is 0 Å². The Balaban J connectivity index is 0.00000129.